The minimum absolute atomic E-state index is 0.117. The van der Waals surface area contributed by atoms with Crippen LogP contribution in [-0.2, 0) is 16.2 Å². The Kier molecular flexibility index (Phi) is 7.54. The molecule has 2 aromatic heterocycles. The van der Waals surface area contributed by atoms with Crippen molar-refractivity contribution in [2.45, 2.75) is 39.2 Å². The lowest BCUT2D eigenvalue weighted by atomic mass is 9.88. The van der Waals surface area contributed by atoms with Crippen LogP contribution in [0.5, 0.6) is 0 Å². The molecule has 2 aliphatic rings. The highest BCUT2D eigenvalue weighted by molar-refractivity contribution is 6.00. The third-order valence-electron chi connectivity index (χ3n) is 6.75. The van der Waals surface area contributed by atoms with Crippen molar-refractivity contribution < 1.29 is 9.63 Å². The highest BCUT2D eigenvalue weighted by atomic mass is 16.6. The Hall–Kier alpha value is -3.00. The van der Waals surface area contributed by atoms with Gasteiger partial charge in [-0.2, -0.15) is 0 Å². The molecule has 2 fully saturated rings. The molecule has 0 aliphatic carbocycles. The summed E-state index contributed by atoms with van der Waals surface area (Å²) in [5.41, 5.74) is 9.87. The van der Waals surface area contributed by atoms with Crippen LogP contribution in [-0.4, -0.2) is 64.7 Å². The predicted octanol–water partition coefficient (Wildman–Crippen LogP) is 2.87. The maximum Gasteiger partial charge on any atom is 0.225 e. The zero-order valence-electron chi connectivity index (χ0n) is 19.6. The number of carbonyl (C=O) groups excluding carboxylic acids is 1. The third kappa shape index (κ3) is 5.87. The number of anilines is 1. The van der Waals surface area contributed by atoms with E-state index < -0.39 is 0 Å². The van der Waals surface area contributed by atoms with Gasteiger partial charge in [0.1, 0.15) is 18.6 Å². The minimum atomic E-state index is 0.117. The van der Waals surface area contributed by atoms with E-state index in [0.29, 0.717) is 11.7 Å². The fraction of sp³-hybridized carbons (Fsp3) is 0.520. The first kappa shape index (κ1) is 23.2. The number of aromatic nitrogens is 2. The van der Waals surface area contributed by atoms with Crippen molar-refractivity contribution in [1.82, 2.24) is 19.8 Å². The Morgan fingerprint density at radius 3 is 2.42 bits per heavy atom. The Bertz CT molecular complexity index is 978. The van der Waals surface area contributed by atoms with Crippen LogP contribution in [0.1, 0.15) is 42.5 Å². The maximum absolute atomic E-state index is 13.2. The van der Waals surface area contributed by atoms with Gasteiger partial charge in [0.25, 0.3) is 0 Å². The molecule has 2 aromatic rings. The highest BCUT2D eigenvalue weighted by Crippen LogP contribution is 2.27. The summed E-state index contributed by atoms with van der Waals surface area (Å²) >= 11 is 0. The van der Waals surface area contributed by atoms with Crippen molar-refractivity contribution in [2.24, 2.45) is 17.0 Å². The highest BCUT2D eigenvalue weighted by Gasteiger charge is 2.32. The average Bonchev–Trinajstić information content (AvgIpc) is 2.83. The number of aryl methyl sites for hydroxylation is 1. The maximum atomic E-state index is 13.2. The lowest BCUT2D eigenvalue weighted by molar-refractivity contribution is -0.138. The van der Waals surface area contributed by atoms with Crippen LogP contribution < -0.4 is 5.73 Å². The van der Waals surface area contributed by atoms with E-state index in [0.717, 1.165) is 75.4 Å². The molecule has 1 amide bonds. The zero-order valence-corrected chi connectivity index (χ0v) is 19.6. The Labute approximate surface area is 195 Å². The summed E-state index contributed by atoms with van der Waals surface area (Å²) in [6.07, 6.45) is 7.14. The molecular weight excluding hydrogens is 416 g/mol. The van der Waals surface area contributed by atoms with E-state index >= 15 is 0 Å². The normalized spacial score (nSPS) is 19.0. The third-order valence-corrected chi connectivity index (χ3v) is 6.75. The van der Waals surface area contributed by atoms with E-state index in [-0.39, 0.29) is 11.8 Å². The molecule has 176 valence electrons. The summed E-state index contributed by atoms with van der Waals surface area (Å²) in [5, 5.41) is 4.30. The molecule has 8 heteroatoms. The summed E-state index contributed by atoms with van der Waals surface area (Å²) in [6.45, 7) is 6.28. The first-order valence-corrected chi connectivity index (χ1v) is 11.8. The number of piperidine rings is 2. The van der Waals surface area contributed by atoms with Crippen LogP contribution in [0.2, 0.25) is 0 Å². The number of nitrogens with zero attached hydrogens (tertiary/aromatic N) is 5. The Morgan fingerprint density at radius 1 is 1.06 bits per heavy atom. The molecule has 0 bridgehead atoms. The number of amides is 1. The van der Waals surface area contributed by atoms with Crippen LogP contribution >= 0.6 is 0 Å². The van der Waals surface area contributed by atoms with E-state index in [1.54, 1.807) is 13.3 Å². The standard InChI is InChI=1S/C25H34N6O2/c1-18-3-9-27-22(15-18)24(29-33-2)20-7-13-31(14-8-20)25(32)21-5-11-30(12-6-21)17-19-4-10-28-23(26)16-19/h3-4,9-10,15-16,20-21H,5-8,11-14,17H2,1-2H3,(H2,26,28)/b29-24+. The van der Waals surface area contributed by atoms with E-state index in [4.69, 9.17) is 10.6 Å². The van der Waals surface area contributed by atoms with Crippen LogP contribution in [0.15, 0.2) is 41.8 Å². The van der Waals surface area contributed by atoms with Gasteiger partial charge in [0.15, 0.2) is 0 Å². The van der Waals surface area contributed by atoms with E-state index in [1.807, 2.05) is 30.5 Å². The molecule has 33 heavy (non-hydrogen) atoms. The van der Waals surface area contributed by atoms with Gasteiger partial charge in [-0.15, -0.1) is 0 Å². The van der Waals surface area contributed by atoms with Crippen LogP contribution in [0.25, 0.3) is 0 Å². The number of nitrogen functional groups attached to an aromatic ring is 1. The van der Waals surface area contributed by atoms with Crippen LogP contribution in [0, 0.1) is 18.8 Å². The van der Waals surface area contributed by atoms with Crippen molar-refractivity contribution in [1.29, 1.82) is 0 Å². The summed E-state index contributed by atoms with van der Waals surface area (Å²) in [7, 11) is 1.57. The van der Waals surface area contributed by atoms with Crippen LogP contribution in [0.3, 0.4) is 0 Å². The molecular formula is C25H34N6O2. The molecule has 4 heterocycles. The Morgan fingerprint density at radius 2 is 1.76 bits per heavy atom. The first-order chi connectivity index (χ1) is 16.0. The first-order valence-electron chi connectivity index (χ1n) is 11.8. The zero-order chi connectivity index (χ0) is 23.2. The van der Waals surface area contributed by atoms with Gasteiger partial charge in [-0.3, -0.25) is 14.7 Å². The summed E-state index contributed by atoms with van der Waals surface area (Å²) in [6, 6.07) is 7.95. The van der Waals surface area contributed by atoms with Gasteiger partial charge in [-0.25, -0.2) is 4.98 Å². The second-order valence-corrected chi connectivity index (χ2v) is 9.12. The Balaban J connectivity index is 1.28. The number of oxime groups is 1. The number of pyridine rings is 2. The van der Waals surface area contributed by atoms with E-state index in [2.05, 4.69) is 31.8 Å². The van der Waals surface area contributed by atoms with Gasteiger partial charge in [0, 0.05) is 43.9 Å². The van der Waals surface area contributed by atoms with Crippen molar-refractivity contribution in [3.05, 3.63) is 53.5 Å². The molecule has 0 unspecified atom stereocenters. The minimum Gasteiger partial charge on any atom is -0.399 e. The number of nitrogens with two attached hydrogens (primary N) is 1. The quantitative estimate of drug-likeness (QED) is 0.537. The van der Waals surface area contributed by atoms with Gasteiger partial charge in [0.2, 0.25) is 5.91 Å². The number of hydrogen-bond acceptors (Lipinski definition) is 7. The second kappa shape index (κ2) is 10.7. The van der Waals surface area contributed by atoms with Crippen molar-refractivity contribution in [3.63, 3.8) is 0 Å². The van der Waals surface area contributed by atoms with Gasteiger partial charge in [-0.1, -0.05) is 5.16 Å². The number of likely N-dealkylation sites (tertiary alicyclic amines) is 2. The molecule has 0 saturated carbocycles. The number of hydrogen-bond donors (Lipinski definition) is 1. The topological polar surface area (TPSA) is 96.9 Å². The predicted molar refractivity (Wildman–Crippen MR) is 128 cm³/mol. The summed E-state index contributed by atoms with van der Waals surface area (Å²) in [5.74, 6) is 1.22. The SMILES string of the molecule is CO/N=C(/c1cc(C)ccn1)C1CCN(C(=O)C2CCN(Cc3ccnc(N)c3)CC2)CC1. The molecule has 0 atom stereocenters. The monoisotopic (exact) mass is 450 g/mol. The fourth-order valence-corrected chi connectivity index (χ4v) is 4.93. The molecule has 2 saturated heterocycles. The molecule has 4 rings (SSSR count). The van der Waals surface area contributed by atoms with Crippen molar-refractivity contribution in [2.75, 3.05) is 39.0 Å². The van der Waals surface area contributed by atoms with Gasteiger partial charge >= 0.3 is 0 Å². The van der Waals surface area contributed by atoms with E-state index in [9.17, 15) is 4.79 Å². The summed E-state index contributed by atoms with van der Waals surface area (Å²) < 4.78 is 0. The largest absolute Gasteiger partial charge is 0.399 e. The fourth-order valence-electron chi connectivity index (χ4n) is 4.93. The average molecular weight is 451 g/mol. The molecule has 2 aliphatic heterocycles. The lowest BCUT2D eigenvalue weighted by Crippen LogP contribution is -2.46. The van der Waals surface area contributed by atoms with Crippen molar-refractivity contribution in [3.8, 4) is 0 Å². The van der Waals surface area contributed by atoms with E-state index in [1.165, 1.54) is 5.56 Å². The van der Waals surface area contributed by atoms with Gasteiger partial charge < -0.3 is 15.5 Å². The number of carbonyl (C=O) groups is 1. The summed E-state index contributed by atoms with van der Waals surface area (Å²) in [4.78, 5) is 31.3. The second-order valence-electron chi connectivity index (χ2n) is 9.12. The van der Waals surface area contributed by atoms with Crippen molar-refractivity contribution >= 4 is 17.4 Å². The van der Waals surface area contributed by atoms with Crippen LogP contribution in [0.4, 0.5) is 5.82 Å². The molecule has 0 aromatic carbocycles. The van der Waals surface area contributed by atoms with Gasteiger partial charge in [-0.05, 0) is 81.1 Å². The number of rotatable bonds is 6. The smallest absolute Gasteiger partial charge is 0.225 e. The lowest BCUT2D eigenvalue weighted by Gasteiger charge is -2.37. The molecule has 0 spiro atoms. The molecule has 2 N–H and O–H groups in total. The molecule has 0 radical (unpaired) electrons. The molecule has 8 nitrogen and oxygen atoms in total. The van der Waals surface area contributed by atoms with Gasteiger partial charge in [0.05, 0.1) is 5.69 Å².